The van der Waals surface area contributed by atoms with Crippen molar-refractivity contribution in [1.82, 2.24) is 0 Å². The van der Waals surface area contributed by atoms with Gasteiger partial charge in [-0.2, -0.15) is 0 Å². The van der Waals surface area contributed by atoms with E-state index in [-0.39, 0.29) is 5.60 Å². The molecule has 3 unspecified atom stereocenters. The molecule has 2 rings (SSSR count). The maximum atomic E-state index is 10.5. The van der Waals surface area contributed by atoms with Crippen molar-refractivity contribution in [3.8, 4) is 0 Å². The molecule has 2 aliphatic carbocycles. The first-order valence-electron chi connectivity index (χ1n) is 5.93. The van der Waals surface area contributed by atoms with Crippen LogP contribution in [0.2, 0.25) is 0 Å². The molecule has 0 spiro atoms. The molecular formula is C12H22O. The fraction of sp³-hybridized carbons (Fsp3) is 1.00. The first-order chi connectivity index (χ1) is 6.21. The van der Waals surface area contributed by atoms with Crippen LogP contribution in [-0.2, 0) is 0 Å². The molecule has 13 heavy (non-hydrogen) atoms. The Morgan fingerprint density at radius 2 is 1.85 bits per heavy atom. The van der Waals surface area contributed by atoms with Crippen LogP contribution in [0.15, 0.2) is 0 Å². The highest BCUT2D eigenvalue weighted by Crippen LogP contribution is 2.62. The molecule has 76 valence electrons. The summed E-state index contributed by atoms with van der Waals surface area (Å²) in [5, 5.41) is 10.5. The van der Waals surface area contributed by atoms with E-state index < -0.39 is 0 Å². The van der Waals surface area contributed by atoms with Crippen molar-refractivity contribution in [2.75, 3.05) is 0 Å². The topological polar surface area (TPSA) is 20.2 Å². The summed E-state index contributed by atoms with van der Waals surface area (Å²) in [7, 11) is 0. The van der Waals surface area contributed by atoms with Crippen LogP contribution in [0.5, 0.6) is 0 Å². The quantitative estimate of drug-likeness (QED) is 0.711. The van der Waals surface area contributed by atoms with Gasteiger partial charge >= 0.3 is 0 Å². The summed E-state index contributed by atoms with van der Waals surface area (Å²) in [6, 6.07) is 0. The fourth-order valence-corrected chi connectivity index (χ4v) is 3.53. The van der Waals surface area contributed by atoms with Gasteiger partial charge in [0.2, 0.25) is 0 Å². The third-order valence-electron chi connectivity index (χ3n) is 4.36. The third kappa shape index (κ3) is 1.32. The van der Waals surface area contributed by atoms with Gasteiger partial charge in [0.25, 0.3) is 0 Å². The second-order valence-corrected chi connectivity index (χ2v) is 5.07. The first kappa shape index (κ1) is 9.51. The highest BCUT2D eigenvalue weighted by molar-refractivity contribution is 5.15. The van der Waals surface area contributed by atoms with Crippen LogP contribution in [0.4, 0.5) is 0 Å². The zero-order valence-electron chi connectivity index (χ0n) is 8.92. The summed E-state index contributed by atoms with van der Waals surface area (Å²) >= 11 is 0. The van der Waals surface area contributed by atoms with Gasteiger partial charge in [0, 0.05) is 0 Å². The smallest absolute Gasteiger partial charge is 0.0736 e. The first-order valence-corrected chi connectivity index (χ1v) is 5.93. The lowest BCUT2D eigenvalue weighted by atomic mass is 9.94. The summed E-state index contributed by atoms with van der Waals surface area (Å²) in [5.41, 5.74) is -0.244. The standard InChI is InChI=1S/C12H22O/c1-3-6-9(2)12(13)10-7-4-5-8-11(10)12/h9-11,13H,3-8H2,1-2H3. The van der Waals surface area contributed by atoms with Gasteiger partial charge in [-0.05, 0) is 37.0 Å². The van der Waals surface area contributed by atoms with Gasteiger partial charge in [0.1, 0.15) is 0 Å². The van der Waals surface area contributed by atoms with E-state index in [1.807, 2.05) is 0 Å². The lowest BCUT2D eigenvalue weighted by Crippen LogP contribution is -2.23. The Morgan fingerprint density at radius 1 is 1.31 bits per heavy atom. The van der Waals surface area contributed by atoms with Gasteiger partial charge < -0.3 is 5.11 Å². The molecule has 2 fully saturated rings. The second-order valence-electron chi connectivity index (χ2n) is 5.07. The summed E-state index contributed by atoms with van der Waals surface area (Å²) in [6.45, 7) is 4.45. The maximum Gasteiger partial charge on any atom is 0.0736 e. The van der Waals surface area contributed by atoms with Gasteiger partial charge in [0.15, 0.2) is 0 Å². The third-order valence-corrected chi connectivity index (χ3v) is 4.36. The van der Waals surface area contributed by atoms with Crippen LogP contribution in [0.1, 0.15) is 52.4 Å². The van der Waals surface area contributed by atoms with E-state index in [9.17, 15) is 5.11 Å². The Kier molecular flexibility index (Phi) is 2.39. The molecular weight excluding hydrogens is 160 g/mol. The molecule has 0 aliphatic heterocycles. The van der Waals surface area contributed by atoms with Crippen molar-refractivity contribution in [1.29, 1.82) is 0 Å². The van der Waals surface area contributed by atoms with Crippen LogP contribution in [0, 0.1) is 17.8 Å². The van der Waals surface area contributed by atoms with Crippen LogP contribution in [-0.4, -0.2) is 10.7 Å². The van der Waals surface area contributed by atoms with E-state index in [1.54, 1.807) is 0 Å². The number of hydrogen-bond donors (Lipinski definition) is 1. The Morgan fingerprint density at radius 3 is 2.31 bits per heavy atom. The Bertz CT molecular complexity index is 176. The Hall–Kier alpha value is -0.0400. The van der Waals surface area contributed by atoms with Gasteiger partial charge in [-0.25, -0.2) is 0 Å². The predicted octanol–water partition coefficient (Wildman–Crippen LogP) is 2.97. The number of aliphatic hydroxyl groups is 1. The van der Waals surface area contributed by atoms with Crippen molar-refractivity contribution in [2.45, 2.75) is 58.0 Å². The molecule has 1 N–H and O–H groups in total. The number of rotatable bonds is 3. The minimum atomic E-state index is -0.244. The number of fused-ring (bicyclic) bond motifs is 1. The molecule has 0 aromatic rings. The second kappa shape index (κ2) is 3.27. The van der Waals surface area contributed by atoms with Crippen molar-refractivity contribution in [3.63, 3.8) is 0 Å². The van der Waals surface area contributed by atoms with E-state index in [2.05, 4.69) is 13.8 Å². The lowest BCUT2D eigenvalue weighted by molar-refractivity contribution is 0.0569. The van der Waals surface area contributed by atoms with E-state index >= 15 is 0 Å². The molecule has 0 saturated heterocycles. The van der Waals surface area contributed by atoms with Gasteiger partial charge in [-0.15, -0.1) is 0 Å². The lowest BCUT2D eigenvalue weighted by Gasteiger charge is -2.19. The molecule has 0 aromatic heterocycles. The number of hydrogen-bond acceptors (Lipinski definition) is 1. The van der Waals surface area contributed by atoms with E-state index in [4.69, 9.17) is 0 Å². The minimum absolute atomic E-state index is 0.244. The van der Waals surface area contributed by atoms with Crippen LogP contribution in [0.3, 0.4) is 0 Å². The van der Waals surface area contributed by atoms with Crippen molar-refractivity contribution < 1.29 is 5.11 Å². The van der Waals surface area contributed by atoms with E-state index in [0.29, 0.717) is 17.8 Å². The molecule has 0 radical (unpaired) electrons. The summed E-state index contributed by atoms with van der Waals surface area (Å²) in [5.74, 6) is 1.87. The van der Waals surface area contributed by atoms with E-state index in [0.717, 1.165) is 0 Å². The molecule has 1 heteroatoms. The fourth-order valence-electron chi connectivity index (χ4n) is 3.53. The molecule has 1 nitrogen and oxygen atoms in total. The van der Waals surface area contributed by atoms with Crippen LogP contribution in [0.25, 0.3) is 0 Å². The van der Waals surface area contributed by atoms with Crippen LogP contribution >= 0.6 is 0 Å². The minimum Gasteiger partial charge on any atom is -0.389 e. The molecule has 2 saturated carbocycles. The summed E-state index contributed by atoms with van der Waals surface area (Å²) in [4.78, 5) is 0. The largest absolute Gasteiger partial charge is 0.389 e. The highest BCUT2D eigenvalue weighted by atomic mass is 16.3. The zero-order valence-corrected chi connectivity index (χ0v) is 8.92. The monoisotopic (exact) mass is 182 g/mol. The van der Waals surface area contributed by atoms with Crippen molar-refractivity contribution in [2.24, 2.45) is 17.8 Å². The summed E-state index contributed by atoms with van der Waals surface area (Å²) < 4.78 is 0. The molecule has 0 bridgehead atoms. The average Bonchev–Trinajstić information content (AvgIpc) is 2.76. The zero-order chi connectivity index (χ0) is 9.47. The molecule has 2 aliphatic rings. The normalized spacial score (nSPS) is 45.5. The molecule has 0 amide bonds. The van der Waals surface area contributed by atoms with Crippen LogP contribution < -0.4 is 0 Å². The van der Waals surface area contributed by atoms with Crippen molar-refractivity contribution >= 4 is 0 Å². The molecule has 0 aromatic carbocycles. The SMILES string of the molecule is CCCC(C)C1(O)C2CCCCC21. The van der Waals surface area contributed by atoms with E-state index in [1.165, 1.54) is 38.5 Å². The van der Waals surface area contributed by atoms with Gasteiger partial charge in [-0.1, -0.05) is 33.1 Å². The molecule has 0 heterocycles. The Labute approximate surface area is 81.5 Å². The molecule has 3 atom stereocenters. The average molecular weight is 182 g/mol. The summed E-state index contributed by atoms with van der Waals surface area (Å²) in [6.07, 6.45) is 7.68. The Balaban J connectivity index is 1.98. The highest BCUT2D eigenvalue weighted by Gasteiger charge is 2.65. The van der Waals surface area contributed by atoms with Gasteiger partial charge in [0.05, 0.1) is 5.60 Å². The van der Waals surface area contributed by atoms with Crippen molar-refractivity contribution in [3.05, 3.63) is 0 Å². The van der Waals surface area contributed by atoms with Gasteiger partial charge in [-0.3, -0.25) is 0 Å². The maximum absolute atomic E-state index is 10.5. The predicted molar refractivity (Wildman–Crippen MR) is 54.5 cm³/mol.